The second-order valence-corrected chi connectivity index (χ2v) is 7.79. The number of piperidine rings is 1. The lowest BCUT2D eigenvalue weighted by Gasteiger charge is -2.37. The number of nitrogens with zero attached hydrogens (tertiary/aromatic N) is 2. The van der Waals surface area contributed by atoms with E-state index in [9.17, 15) is 18.4 Å². The number of amides is 1. The molecule has 2 unspecified atom stereocenters. The predicted molar refractivity (Wildman–Crippen MR) is 103 cm³/mol. The number of Topliss-reactive ketones (excluding diaryl/α,β-unsaturated/α-hetero) is 1. The Morgan fingerprint density at radius 1 is 1.07 bits per heavy atom. The summed E-state index contributed by atoms with van der Waals surface area (Å²) in [5.74, 6) is -2.85. The lowest BCUT2D eigenvalue weighted by atomic mass is 9.84. The number of halogens is 2. The fourth-order valence-electron chi connectivity index (χ4n) is 4.54. The lowest BCUT2D eigenvalue weighted by molar-refractivity contribution is 0.0485. The first kappa shape index (κ1) is 20.0. The quantitative estimate of drug-likeness (QED) is 0.691. The molecule has 154 valence electrons. The molecule has 0 radical (unpaired) electrons. The Kier molecular flexibility index (Phi) is 5.49. The van der Waals surface area contributed by atoms with Gasteiger partial charge < -0.3 is 9.64 Å². The number of rotatable bonds is 4. The highest BCUT2D eigenvalue weighted by molar-refractivity contribution is 5.98. The molecule has 2 atom stereocenters. The zero-order valence-electron chi connectivity index (χ0n) is 16.2. The van der Waals surface area contributed by atoms with Gasteiger partial charge in [-0.3, -0.25) is 4.79 Å². The first-order valence-corrected chi connectivity index (χ1v) is 9.90. The minimum Gasteiger partial charge on any atom is -0.445 e. The minimum absolute atomic E-state index is 0.0755. The maximum absolute atomic E-state index is 13.9. The van der Waals surface area contributed by atoms with Crippen LogP contribution in [0.5, 0.6) is 0 Å². The van der Waals surface area contributed by atoms with Crippen molar-refractivity contribution in [3.8, 4) is 6.07 Å². The maximum Gasteiger partial charge on any atom is 0.410 e. The second kappa shape index (κ2) is 8.23. The Hall–Kier alpha value is -3.27. The van der Waals surface area contributed by atoms with Gasteiger partial charge in [0, 0.05) is 23.6 Å². The molecule has 5 nitrogen and oxygen atoms in total. The highest BCUT2D eigenvalue weighted by Gasteiger charge is 2.46. The summed E-state index contributed by atoms with van der Waals surface area (Å²) >= 11 is 0. The van der Waals surface area contributed by atoms with Crippen molar-refractivity contribution in [3.63, 3.8) is 0 Å². The Morgan fingerprint density at radius 3 is 2.23 bits per heavy atom. The van der Waals surface area contributed by atoms with Gasteiger partial charge in [-0.2, -0.15) is 5.26 Å². The predicted octanol–water partition coefficient (Wildman–Crippen LogP) is 4.60. The van der Waals surface area contributed by atoms with E-state index in [-0.39, 0.29) is 30.0 Å². The molecule has 2 saturated heterocycles. The van der Waals surface area contributed by atoms with Gasteiger partial charge in [-0.15, -0.1) is 0 Å². The largest absolute Gasteiger partial charge is 0.445 e. The van der Waals surface area contributed by atoms with Gasteiger partial charge in [-0.1, -0.05) is 30.3 Å². The third-order valence-corrected chi connectivity index (χ3v) is 5.96. The molecule has 2 aliphatic rings. The first-order chi connectivity index (χ1) is 14.5. The van der Waals surface area contributed by atoms with Crippen LogP contribution in [0.15, 0.2) is 42.5 Å². The average molecular weight is 410 g/mol. The van der Waals surface area contributed by atoms with Crippen LogP contribution >= 0.6 is 0 Å². The summed E-state index contributed by atoms with van der Waals surface area (Å²) in [6.45, 7) is 0.182. The number of carbonyl (C=O) groups is 2. The monoisotopic (exact) mass is 410 g/mol. The first-order valence-electron chi connectivity index (χ1n) is 9.90. The molecule has 0 spiro atoms. The SMILES string of the molecule is N#Cc1c(F)cc(C(=O)C2CC3CCC(C2)N3C(=O)OCc2ccccc2)cc1F. The summed E-state index contributed by atoms with van der Waals surface area (Å²) in [4.78, 5) is 27.2. The highest BCUT2D eigenvalue weighted by Crippen LogP contribution is 2.40. The number of fused-ring (bicyclic) bond motifs is 2. The van der Waals surface area contributed by atoms with Crippen molar-refractivity contribution in [2.24, 2.45) is 5.92 Å². The molecule has 2 aromatic rings. The third kappa shape index (κ3) is 3.78. The van der Waals surface area contributed by atoms with Crippen molar-refractivity contribution in [1.82, 2.24) is 4.90 Å². The molecule has 2 fully saturated rings. The topological polar surface area (TPSA) is 70.4 Å². The Labute approximate surface area is 172 Å². The van der Waals surface area contributed by atoms with Crippen LogP contribution in [0.25, 0.3) is 0 Å². The normalized spacial score (nSPS) is 22.4. The van der Waals surface area contributed by atoms with Gasteiger partial charge in [-0.25, -0.2) is 13.6 Å². The van der Waals surface area contributed by atoms with Crippen LogP contribution in [0, 0.1) is 28.9 Å². The van der Waals surface area contributed by atoms with E-state index in [0.29, 0.717) is 12.8 Å². The molecular weight excluding hydrogens is 390 g/mol. The van der Waals surface area contributed by atoms with Gasteiger partial charge in [0.05, 0.1) is 0 Å². The van der Waals surface area contributed by atoms with Crippen molar-refractivity contribution in [2.45, 2.75) is 44.4 Å². The highest BCUT2D eigenvalue weighted by atomic mass is 19.1. The number of hydrogen-bond acceptors (Lipinski definition) is 4. The number of ketones is 1. The molecule has 2 aromatic carbocycles. The van der Waals surface area contributed by atoms with Gasteiger partial charge >= 0.3 is 6.09 Å². The van der Waals surface area contributed by atoms with Crippen LogP contribution in [0.4, 0.5) is 13.6 Å². The summed E-state index contributed by atoms with van der Waals surface area (Å²) in [7, 11) is 0. The van der Waals surface area contributed by atoms with E-state index in [1.807, 2.05) is 30.3 Å². The van der Waals surface area contributed by atoms with Gasteiger partial charge in [-0.05, 0) is 43.4 Å². The number of hydrogen-bond donors (Lipinski definition) is 0. The van der Waals surface area contributed by atoms with Crippen LogP contribution in [0.2, 0.25) is 0 Å². The van der Waals surface area contributed by atoms with E-state index in [1.54, 1.807) is 4.90 Å². The summed E-state index contributed by atoms with van der Waals surface area (Å²) < 4.78 is 33.3. The molecule has 0 N–H and O–H groups in total. The zero-order valence-corrected chi connectivity index (χ0v) is 16.2. The molecule has 2 aliphatic heterocycles. The molecule has 0 saturated carbocycles. The maximum atomic E-state index is 13.9. The standard InChI is InChI=1S/C23H20F2N2O3/c24-20-10-16(11-21(25)19(20)12-26)22(28)15-8-17-6-7-18(9-15)27(17)23(29)30-13-14-4-2-1-3-5-14/h1-5,10-11,15,17-18H,6-9,13H2. The second-order valence-electron chi connectivity index (χ2n) is 7.79. The van der Waals surface area contributed by atoms with Crippen LogP contribution in [0.1, 0.15) is 47.2 Å². The van der Waals surface area contributed by atoms with Crippen LogP contribution in [-0.4, -0.2) is 28.9 Å². The number of nitriles is 1. The van der Waals surface area contributed by atoms with Gasteiger partial charge in [0.2, 0.25) is 0 Å². The molecular formula is C23H20F2N2O3. The Morgan fingerprint density at radius 2 is 1.67 bits per heavy atom. The molecule has 30 heavy (non-hydrogen) atoms. The molecule has 2 bridgehead atoms. The van der Waals surface area contributed by atoms with Gasteiger partial charge in [0.25, 0.3) is 0 Å². The van der Waals surface area contributed by atoms with E-state index in [1.165, 1.54) is 6.07 Å². The van der Waals surface area contributed by atoms with Crippen molar-refractivity contribution in [1.29, 1.82) is 5.26 Å². The van der Waals surface area contributed by atoms with E-state index >= 15 is 0 Å². The zero-order chi connectivity index (χ0) is 21.3. The Balaban J connectivity index is 1.43. The molecule has 0 aromatic heterocycles. The van der Waals surface area contributed by atoms with Crippen molar-refractivity contribution >= 4 is 11.9 Å². The van der Waals surface area contributed by atoms with Crippen LogP contribution in [0.3, 0.4) is 0 Å². The van der Waals surface area contributed by atoms with E-state index in [0.717, 1.165) is 30.5 Å². The minimum atomic E-state index is -1.04. The molecule has 2 heterocycles. The fourth-order valence-corrected chi connectivity index (χ4v) is 4.54. The Bertz CT molecular complexity index is 982. The molecule has 4 rings (SSSR count). The summed E-state index contributed by atoms with van der Waals surface area (Å²) in [6.07, 6.45) is 2.00. The van der Waals surface area contributed by atoms with E-state index in [4.69, 9.17) is 10.00 Å². The molecule has 7 heteroatoms. The van der Waals surface area contributed by atoms with Crippen molar-refractivity contribution in [2.75, 3.05) is 0 Å². The van der Waals surface area contributed by atoms with Crippen molar-refractivity contribution in [3.05, 3.63) is 70.8 Å². The molecule has 0 aliphatic carbocycles. The summed E-state index contributed by atoms with van der Waals surface area (Å²) in [5, 5.41) is 8.79. The van der Waals surface area contributed by atoms with Crippen LogP contribution in [-0.2, 0) is 11.3 Å². The summed E-state index contributed by atoms with van der Waals surface area (Å²) in [5.41, 5.74) is 0.129. The van der Waals surface area contributed by atoms with Crippen LogP contribution < -0.4 is 0 Å². The number of carbonyl (C=O) groups excluding carboxylic acids is 2. The average Bonchev–Trinajstić information content (AvgIpc) is 3.01. The number of benzene rings is 2. The summed E-state index contributed by atoms with van der Waals surface area (Å²) in [6, 6.07) is 12.4. The van der Waals surface area contributed by atoms with E-state index in [2.05, 4.69) is 0 Å². The molecule has 1 amide bonds. The van der Waals surface area contributed by atoms with Gasteiger partial charge in [0.1, 0.15) is 29.9 Å². The number of ether oxygens (including phenoxy) is 1. The smallest absolute Gasteiger partial charge is 0.410 e. The fraction of sp³-hybridized carbons (Fsp3) is 0.348. The van der Waals surface area contributed by atoms with Gasteiger partial charge in [0.15, 0.2) is 5.78 Å². The van der Waals surface area contributed by atoms with E-state index < -0.39 is 29.2 Å². The third-order valence-electron chi connectivity index (χ3n) is 5.96. The lowest BCUT2D eigenvalue weighted by Crippen LogP contribution is -2.48. The van der Waals surface area contributed by atoms with Crippen molar-refractivity contribution < 1.29 is 23.1 Å².